The number of halogens is 1. The third-order valence-corrected chi connectivity index (χ3v) is 2.93. The molecule has 0 bridgehead atoms. The standard InChI is InChI=1S/C12H9BrN4O/c13-10-6-17(7-11(15)12(10)18)5-8-1-2-16-9(3-8)4-14/h1-3,6-7H,5,15H2. The van der Waals surface area contributed by atoms with Crippen LogP contribution in [0.25, 0.3) is 0 Å². The average Bonchev–Trinajstić information content (AvgIpc) is 2.36. The molecule has 2 heterocycles. The Morgan fingerprint density at radius 1 is 1.50 bits per heavy atom. The number of nitrogens with zero attached hydrogens (tertiary/aromatic N) is 3. The summed E-state index contributed by atoms with van der Waals surface area (Å²) in [5.74, 6) is 0. The molecule has 2 aromatic heterocycles. The van der Waals surface area contributed by atoms with E-state index in [4.69, 9.17) is 11.0 Å². The van der Waals surface area contributed by atoms with E-state index in [1.165, 1.54) is 0 Å². The van der Waals surface area contributed by atoms with E-state index in [1.54, 1.807) is 29.2 Å². The zero-order valence-corrected chi connectivity index (χ0v) is 10.9. The smallest absolute Gasteiger partial charge is 0.218 e. The van der Waals surface area contributed by atoms with Gasteiger partial charge in [-0.05, 0) is 33.6 Å². The lowest BCUT2D eigenvalue weighted by Crippen LogP contribution is -2.13. The first-order valence-electron chi connectivity index (χ1n) is 5.10. The third kappa shape index (κ3) is 2.57. The van der Waals surface area contributed by atoms with E-state index in [1.807, 2.05) is 12.1 Å². The lowest BCUT2D eigenvalue weighted by molar-refractivity contribution is 0.785. The van der Waals surface area contributed by atoms with Crippen molar-refractivity contribution in [3.63, 3.8) is 0 Å². The van der Waals surface area contributed by atoms with Crippen LogP contribution in [0.15, 0.2) is 40.0 Å². The quantitative estimate of drug-likeness (QED) is 0.911. The van der Waals surface area contributed by atoms with Crippen molar-refractivity contribution >= 4 is 21.6 Å². The zero-order valence-electron chi connectivity index (χ0n) is 9.30. The molecule has 0 spiro atoms. The Balaban J connectivity index is 2.34. The molecule has 0 aliphatic heterocycles. The Kier molecular flexibility index (Phi) is 3.44. The molecule has 2 aromatic rings. The van der Waals surface area contributed by atoms with Gasteiger partial charge >= 0.3 is 0 Å². The van der Waals surface area contributed by atoms with Crippen LogP contribution in [0.5, 0.6) is 0 Å². The van der Waals surface area contributed by atoms with E-state index in [-0.39, 0.29) is 11.1 Å². The largest absolute Gasteiger partial charge is 0.394 e. The molecule has 0 saturated carbocycles. The summed E-state index contributed by atoms with van der Waals surface area (Å²) in [6.45, 7) is 0.514. The molecule has 5 nitrogen and oxygen atoms in total. The van der Waals surface area contributed by atoms with Gasteiger partial charge in [-0.2, -0.15) is 5.26 Å². The summed E-state index contributed by atoms with van der Waals surface area (Å²) in [4.78, 5) is 15.3. The van der Waals surface area contributed by atoms with E-state index >= 15 is 0 Å². The van der Waals surface area contributed by atoms with Crippen molar-refractivity contribution in [2.45, 2.75) is 6.54 Å². The molecule has 90 valence electrons. The highest BCUT2D eigenvalue weighted by Crippen LogP contribution is 2.09. The Bertz CT molecular complexity index is 661. The summed E-state index contributed by atoms with van der Waals surface area (Å²) in [6, 6.07) is 5.49. The Morgan fingerprint density at radius 3 is 2.94 bits per heavy atom. The first-order valence-corrected chi connectivity index (χ1v) is 5.89. The maximum absolute atomic E-state index is 11.4. The van der Waals surface area contributed by atoms with Crippen LogP contribution in [-0.4, -0.2) is 9.55 Å². The molecule has 0 atom stereocenters. The number of aromatic nitrogens is 2. The predicted molar refractivity (Wildman–Crippen MR) is 70.9 cm³/mol. The topological polar surface area (TPSA) is 84.7 Å². The normalized spacial score (nSPS) is 10.0. The second kappa shape index (κ2) is 5.02. The lowest BCUT2D eigenvalue weighted by atomic mass is 10.2. The van der Waals surface area contributed by atoms with Crippen molar-refractivity contribution in [1.82, 2.24) is 9.55 Å². The summed E-state index contributed by atoms with van der Waals surface area (Å²) in [5.41, 5.74) is 6.83. The van der Waals surface area contributed by atoms with Crippen LogP contribution in [0.2, 0.25) is 0 Å². The molecule has 2 N–H and O–H groups in total. The average molecular weight is 305 g/mol. The van der Waals surface area contributed by atoms with Gasteiger partial charge in [-0.3, -0.25) is 4.79 Å². The van der Waals surface area contributed by atoms with E-state index in [0.29, 0.717) is 16.7 Å². The molecule has 0 radical (unpaired) electrons. The van der Waals surface area contributed by atoms with Crippen LogP contribution < -0.4 is 11.2 Å². The van der Waals surface area contributed by atoms with Crippen LogP contribution in [-0.2, 0) is 6.54 Å². The fourth-order valence-electron chi connectivity index (χ4n) is 1.55. The van der Waals surface area contributed by atoms with Gasteiger partial charge in [0.05, 0.1) is 10.2 Å². The highest BCUT2D eigenvalue weighted by molar-refractivity contribution is 9.10. The number of hydrogen-bond acceptors (Lipinski definition) is 4. The van der Waals surface area contributed by atoms with Crippen LogP contribution in [0, 0.1) is 11.3 Å². The summed E-state index contributed by atoms with van der Waals surface area (Å²) < 4.78 is 2.19. The summed E-state index contributed by atoms with van der Waals surface area (Å²) in [7, 11) is 0. The van der Waals surface area contributed by atoms with Gasteiger partial charge in [0.25, 0.3) is 0 Å². The van der Waals surface area contributed by atoms with Crippen LogP contribution in [0.1, 0.15) is 11.3 Å². The van der Waals surface area contributed by atoms with Crippen LogP contribution in [0.3, 0.4) is 0 Å². The number of nitriles is 1. The van der Waals surface area contributed by atoms with Crippen molar-refractivity contribution in [3.05, 3.63) is 56.7 Å². The molecule has 0 saturated heterocycles. The monoisotopic (exact) mass is 304 g/mol. The summed E-state index contributed by atoms with van der Waals surface area (Å²) in [6.07, 6.45) is 4.81. The number of anilines is 1. The Hall–Kier alpha value is -2.13. The van der Waals surface area contributed by atoms with Gasteiger partial charge in [-0.25, -0.2) is 4.98 Å². The molecule has 2 rings (SSSR count). The molecule has 18 heavy (non-hydrogen) atoms. The number of nitrogen functional groups attached to an aromatic ring is 1. The van der Waals surface area contributed by atoms with Gasteiger partial charge in [0.2, 0.25) is 5.43 Å². The first-order chi connectivity index (χ1) is 8.60. The highest BCUT2D eigenvalue weighted by atomic mass is 79.9. The van der Waals surface area contributed by atoms with Gasteiger partial charge in [0.1, 0.15) is 11.8 Å². The predicted octanol–water partition coefficient (Wildman–Crippen LogP) is 1.51. The first kappa shape index (κ1) is 12.3. The van der Waals surface area contributed by atoms with Crippen molar-refractivity contribution in [1.29, 1.82) is 5.26 Å². The van der Waals surface area contributed by atoms with Gasteiger partial charge in [0, 0.05) is 25.1 Å². The molecule has 0 amide bonds. The third-order valence-electron chi connectivity index (χ3n) is 2.37. The number of nitrogens with two attached hydrogens (primary N) is 1. The van der Waals surface area contributed by atoms with Crippen molar-refractivity contribution < 1.29 is 0 Å². The fourth-order valence-corrected chi connectivity index (χ4v) is 2.04. The van der Waals surface area contributed by atoms with E-state index in [9.17, 15) is 4.79 Å². The van der Waals surface area contributed by atoms with Gasteiger partial charge in [-0.1, -0.05) is 0 Å². The van der Waals surface area contributed by atoms with Gasteiger partial charge in [-0.15, -0.1) is 0 Å². The highest BCUT2D eigenvalue weighted by Gasteiger charge is 2.03. The van der Waals surface area contributed by atoms with Crippen molar-refractivity contribution in [3.8, 4) is 6.07 Å². The molecule has 0 aliphatic carbocycles. The lowest BCUT2D eigenvalue weighted by Gasteiger charge is -2.08. The van der Waals surface area contributed by atoms with Crippen LogP contribution in [0.4, 0.5) is 5.69 Å². The van der Waals surface area contributed by atoms with Gasteiger partial charge in [0.15, 0.2) is 0 Å². The Morgan fingerprint density at radius 2 is 2.28 bits per heavy atom. The number of hydrogen-bond donors (Lipinski definition) is 1. The number of rotatable bonds is 2. The van der Waals surface area contributed by atoms with E-state index < -0.39 is 0 Å². The molecule has 0 fully saturated rings. The van der Waals surface area contributed by atoms with Crippen LogP contribution >= 0.6 is 15.9 Å². The molecule has 0 aliphatic rings. The summed E-state index contributed by atoms with van der Waals surface area (Å²) in [5, 5.41) is 8.76. The van der Waals surface area contributed by atoms with Crippen molar-refractivity contribution in [2.75, 3.05) is 5.73 Å². The van der Waals surface area contributed by atoms with Gasteiger partial charge < -0.3 is 10.3 Å². The van der Waals surface area contributed by atoms with E-state index in [2.05, 4.69) is 20.9 Å². The maximum Gasteiger partial charge on any atom is 0.218 e. The molecular weight excluding hydrogens is 296 g/mol. The minimum absolute atomic E-state index is 0.180. The second-order valence-electron chi connectivity index (χ2n) is 3.72. The minimum Gasteiger partial charge on any atom is -0.394 e. The summed E-state index contributed by atoms with van der Waals surface area (Å²) >= 11 is 3.16. The zero-order chi connectivity index (χ0) is 13.1. The molecule has 6 heteroatoms. The minimum atomic E-state index is -0.223. The second-order valence-corrected chi connectivity index (χ2v) is 4.58. The van der Waals surface area contributed by atoms with E-state index in [0.717, 1.165) is 5.56 Å². The van der Waals surface area contributed by atoms with Crippen molar-refractivity contribution in [2.24, 2.45) is 0 Å². The Labute approximate surface area is 112 Å². The SMILES string of the molecule is N#Cc1cc(Cn2cc(N)c(=O)c(Br)c2)ccn1. The molecule has 0 aromatic carbocycles. The molecular formula is C12H9BrN4O. The number of pyridine rings is 2. The molecule has 0 unspecified atom stereocenters. The maximum atomic E-state index is 11.4. The fraction of sp³-hybridized carbons (Fsp3) is 0.0833.